The van der Waals surface area contributed by atoms with Gasteiger partial charge in [0, 0.05) is 19.3 Å². The largest absolute Gasteiger partial charge is 0.326 e. The zero-order valence-corrected chi connectivity index (χ0v) is 12.3. The van der Waals surface area contributed by atoms with Crippen molar-refractivity contribution in [3.05, 3.63) is 27.6 Å². The molecule has 1 N–H and O–H groups in total. The molecule has 0 aliphatic carbocycles. The van der Waals surface area contributed by atoms with E-state index in [1.54, 1.807) is 0 Å². The number of rotatable bonds is 4. The predicted molar refractivity (Wildman–Crippen MR) is 71.3 cm³/mol. The summed E-state index contributed by atoms with van der Waals surface area (Å²) >= 11 is 5.64. The van der Waals surface area contributed by atoms with Gasteiger partial charge in [0.2, 0.25) is 10.0 Å². The third-order valence-electron chi connectivity index (χ3n) is 3.05. The molecule has 1 aromatic heterocycles. The van der Waals surface area contributed by atoms with Crippen LogP contribution in [0.25, 0.3) is 0 Å². The van der Waals surface area contributed by atoms with Gasteiger partial charge in [-0.3, -0.25) is 4.79 Å². The van der Waals surface area contributed by atoms with Crippen LogP contribution in [0.1, 0.15) is 20.8 Å². The summed E-state index contributed by atoms with van der Waals surface area (Å²) in [6.07, 6.45) is 1.16. The third-order valence-corrected chi connectivity index (χ3v) is 5.25. The van der Waals surface area contributed by atoms with Gasteiger partial charge in [-0.1, -0.05) is 25.4 Å². The molecule has 0 amide bonds. The summed E-state index contributed by atoms with van der Waals surface area (Å²) in [7, 11) is -2.13. The van der Waals surface area contributed by atoms with E-state index in [0.29, 0.717) is 0 Å². The summed E-state index contributed by atoms with van der Waals surface area (Å²) in [4.78, 5) is 13.4. The van der Waals surface area contributed by atoms with E-state index in [4.69, 9.17) is 11.6 Å². The number of H-pyrrole nitrogens is 1. The maximum atomic E-state index is 12.3. The third kappa shape index (κ3) is 2.93. The minimum Gasteiger partial charge on any atom is -0.326 e. The van der Waals surface area contributed by atoms with Crippen molar-refractivity contribution >= 4 is 21.6 Å². The molecule has 1 rings (SSSR count). The standard InChI is InChI=1S/C11H17ClN2O3S/c1-7(2)8(3)14(4)18(16,17)9-5-10(12)11(15)13-6-9/h5-8H,1-4H3,(H,13,15). The number of nitrogens with one attached hydrogen (secondary N) is 1. The smallest absolute Gasteiger partial charge is 0.266 e. The van der Waals surface area contributed by atoms with Gasteiger partial charge in [0.1, 0.15) is 5.02 Å². The van der Waals surface area contributed by atoms with Crippen molar-refractivity contribution in [3.8, 4) is 0 Å². The number of pyridine rings is 1. The minimum atomic E-state index is -3.64. The van der Waals surface area contributed by atoms with Crippen LogP contribution in [0, 0.1) is 5.92 Å². The van der Waals surface area contributed by atoms with Crippen molar-refractivity contribution in [2.75, 3.05) is 7.05 Å². The van der Waals surface area contributed by atoms with Crippen molar-refractivity contribution in [1.29, 1.82) is 0 Å². The van der Waals surface area contributed by atoms with Crippen LogP contribution in [0.3, 0.4) is 0 Å². The molecule has 0 bridgehead atoms. The van der Waals surface area contributed by atoms with Crippen LogP contribution in [0.2, 0.25) is 5.02 Å². The lowest BCUT2D eigenvalue weighted by Crippen LogP contribution is -2.38. The maximum absolute atomic E-state index is 12.3. The SMILES string of the molecule is CC(C)C(C)N(C)S(=O)(=O)c1c[nH]c(=O)c(Cl)c1. The summed E-state index contributed by atoms with van der Waals surface area (Å²) in [5, 5.41) is -0.137. The Labute approximate surface area is 112 Å². The molecule has 1 aromatic rings. The van der Waals surface area contributed by atoms with Gasteiger partial charge in [0.15, 0.2) is 0 Å². The Kier molecular flexibility index (Phi) is 4.58. The average molecular weight is 293 g/mol. The molecule has 0 saturated carbocycles. The fourth-order valence-electron chi connectivity index (χ4n) is 1.39. The molecule has 18 heavy (non-hydrogen) atoms. The molecule has 0 radical (unpaired) electrons. The molecule has 7 heteroatoms. The molecule has 102 valence electrons. The number of sulfonamides is 1. The Balaban J connectivity index is 3.21. The maximum Gasteiger partial charge on any atom is 0.266 e. The molecule has 0 fully saturated rings. The van der Waals surface area contributed by atoms with Gasteiger partial charge in [0.05, 0.1) is 4.90 Å². The number of aromatic amines is 1. The van der Waals surface area contributed by atoms with E-state index >= 15 is 0 Å². The topological polar surface area (TPSA) is 70.2 Å². The van der Waals surface area contributed by atoms with E-state index in [-0.39, 0.29) is 21.9 Å². The first-order valence-corrected chi connectivity index (χ1v) is 7.36. The Bertz CT molecular complexity index is 580. The summed E-state index contributed by atoms with van der Waals surface area (Å²) in [6.45, 7) is 5.71. The Hall–Kier alpha value is -0.850. The molecule has 0 aliphatic rings. The molecular formula is C11H17ClN2O3S. The first-order valence-electron chi connectivity index (χ1n) is 5.54. The lowest BCUT2D eigenvalue weighted by atomic mass is 10.1. The number of hydrogen-bond acceptors (Lipinski definition) is 3. The van der Waals surface area contributed by atoms with E-state index in [1.807, 2.05) is 20.8 Å². The second-order valence-corrected chi connectivity index (χ2v) is 6.92. The summed E-state index contributed by atoms with van der Waals surface area (Å²) in [6, 6.07) is 1.01. The quantitative estimate of drug-likeness (QED) is 0.918. The van der Waals surface area contributed by atoms with Crippen LogP contribution >= 0.6 is 11.6 Å². The predicted octanol–water partition coefficient (Wildman–Crippen LogP) is 1.69. The molecule has 0 aliphatic heterocycles. The molecule has 1 unspecified atom stereocenters. The highest BCUT2D eigenvalue weighted by Crippen LogP contribution is 2.20. The lowest BCUT2D eigenvalue weighted by Gasteiger charge is -2.27. The molecule has 1 heterocycles. The van der Waals surface area contributed by atoms with E-state index in [0.717, 1.165) is 6.20 Å². The summed E-state index contributed by atoms with van der Waals surface area (Å²) < 4.78 is 25.9. The zero-order chi connectivity index (χ0) is 14.1. The lowest BCUT2D eigenvalue weighted by molar-refractivity contribution is 0.315. The highest BCUT2D eigenvalue weighted by atomic mass is 35.5. The fourth-order valence-corrected chi connectivity index (χ4v) is 3.12. The van der Waals surface area contributed by atoms with Gasteiger partial charge in [-0.2, -0.15) is 4.31 Å². The monoisotopic (exact) mass is 292 g/mol. The van der Waals surface area contributed by atoms with Gasteiger partial charge in [-0.25, -0.2) is 8.42 Å². The van der Waals surface area contributed by atoms with Crippen LogP contribution in [0.5, 0.6) is 0 Å². The van der Waals surface area contributed by atoms with Gasteiger partial charge >= 0.3 is 0 Å². The van der Waals surface area contributed by atoms with Crippen molar-refractivity contribution in [1.82, 2.24) is 9.29 Å². The number of aromatic nitrogens is 1. The van der Waals surface area contributed by atoms with Crippen LogP contribution in [-0.2, 0) is 10.0 Å². The summed E-state index contributed by atoms with van der Waals surface area (Å²) in [5.41, 5.74) is -0.504. The fraction of sp³-hybridized carbons (Fsp3) is 0.545. The molecule has 1 atom stereocenters. The second kappa shape index (κ2) is 5.42. The second-order valence-electron chi connectivity index (χ2n) is 4.52. The van der Waals surface area contributed by atoms with Crippen molar-refractivity contribution in [3.63, 3.8) is 0 Å². The first kappa shape index (κ1) is 15.2. The van der Waals surface area contributed by atoms with E-state index in [2.05, 4.69) is 4.98 Å². The van der Waals surface area contributed by atoms with Crippen LogP contribution in [0.4, 0.5) is 0 Å². The van der Waals surface area contributed by atoms with E-state index in [9.17, 15) is 13.2 Å². The Morgan fingerprint density at radius 3 is 2.33 bits per heavy atom. The Morgan fingerprint density at radius 2 is 1.89 bits per heavy atom. The molecule has 0 spiro atoms. The van der Waals surface area contributed by atoms with Crippen molar-refractivity contribution < 1.29 is 8.42 Å². The van der Waals surface area contributed by atoms with Crippen molar-refractivity contribution in [2.45, 2.75) is 31.7 Å². The molecule has 0 aromatic carbocycles. The minimum absolute atomic E-state index is 0.0119. The molecule has 5 nitrogen and oxygen atoms in total. The van der Waals surface area contributed by atoms with Gasteiger partial charge in [-0.15, -0.1) is 0 Å². The van der Waals surface area contributed by atoms with Crippen molar-refractivity contribution in [2.24, 2.45) is 5.92 Å². The number of hydrogen-bond donors (Lipinski definition) is 1. The first-order chi connectivity index (χ1) is 8.17. The Morgan fingerprint density at radius 1 is 1.33 bits per heavy atom. The van der Waals surface area contributed by atoms with Gasteiger partial charge < -0.3 is 4.98 Å². The molecular weight excluding hydrogens is 276 g/mol. The van der Waals surface area contributed by atoms with Gasteiger partial charge in [-0.05, 0) is 18.9 Å². The zero-order valence-electron chi connectivity index (χ0n) is 10.8. The van der Waals surface area contributed by atoms with E-state index in [1.165, 1.54) is 17.4 Å². The number of halogens is 1. The van der Waals surface area contributed by atoms with Crippen LogP contribution < -0.4 is 5.56 Å². The highest BCUT2D eigenvalue weighted by Gasteiger charge is 2.27. The summed E-state index contributed by atoms with van der Waals surface area (Å²) in [5.74, 6) is 0.183. The van der Waals surface area contributed by atoms with E-state index < -0.39 is 15.6 Å². The van der Waals surface area contributed by atoms with Crippen LogP contribution in [0.15, 0.2) is 22.0 Å². The van der Waals surface area contributed by atoms with Crippen LogP contribution in [-0.4, -0.2) is 30.8 Å². The number of nitrogens with zero attached hydrogens (tertiary/aromatic N) is 1. The van der Waals surface area contributed by atoms with Gasteiger partial charge in [0.25, 0.3) is 5.56 Å². The highest BCUT2D eigenvalue weighted by molar-refractivity contribution is 7.89. The molecule has 0 saturated heterocycles. The normalized spacial score (nSPS) is 14.2. The average Bonchev–Trinajstić information content (AvgIpc) is 2.30.